The Hall–Kier alpha value is -1.35. The van der Waals surface area contributed by atoms with Gasteiger partial charge in [-0.3, -0.25) is 0 Å². The highest BCUT2D eigenvalue weighted by atomic mass is 35.5. The van der Waals surface area contributed by atoms with Gasteiger partial charge < -0.3 is 4.74 Å². The van der Waals surface area contributed by atoms with Crippen molar-refractivity contribution in [2.24, 2.45) is 11.3 Å². The third kappa shape index (κ3) is 3.13. The Bertz CT molecular complexity index is 656. The molecule has 2 unspecified atom stereocenters. The largest absolute Gasteiger partial charge is 0.473 e. The number of rotatable bonds is 2. The van der Waals surface area contributed by atoms with Crippen LogP contribution in [0.1, 0.15) is 40.0 Å². The number of fused-ring (bicyclic) bond motifs is 1. The van der Waals surface area contributed by atoms with Gasteiger partial charge in [0.25, 0.3) is 0 Å². The molecule has 3 rings (SSSR count). The van der Waals surface area contributed by atoms with E-state index in [0.717, 1.165) is 23.6 Å². The van der Waals surface area contributed by atoms with Crippen LogP contribution in [0.5, 0.6) is 5.88 Å². The first-order chi connectivity index (χ1) is 9.94. The Kier molecular flexibility index (Phi) is 3.78. The molecule has 1 aromatic carbocycles. The quantitative estimate of drug-likeness (QED) is 0.793. The lowest BCUT2D eigenvalue weighted by atomic mass is 9.71. The Morgan fingerprint density at radius 3 is 2.57 bits per heavy atom. The number of halogens is 1. The van der Waals surface area contributed by atoms with Crippen molar-refractivity contribution in [1.29, 1.82) is 0 Å². The SMILES string of the molecule is CC1CC(Oc2nnc(Cl)c3ccccc23)CC(C)(C)C1. The first-order valence-corrected chi connectivity index (χ1v) is 7.90. The molecule has 0 radical (unpaired) electrons. The predicted molar refractivity (Wildman–Crippen MR) is 85.8 cm³/mol. The van der Waals surface area contributed by atoms with Gasteiger partial charge in [0.1, 0.15) is 6.10 Å². The highest BCUT2D eigenvalue weighted by molar-refractivity contribution is 6.34. The van der Waals surface area contributed by atoms with E-state index in [2.05, 4.69) is 31.0 Å². The lowest BCUT2D eigenvalue weighted by Gasteiger charge is -2.38. The van der Waals surface area contributed by atoms with Gasteiger partial charge in [0, 0.05) is 10.8 Å². The van der Waals surface area contributed by atoms with Crippen LogP contribution in [0.25, 0.3) is 10.8 Å². The van der Waals surface area contributed by atoms with E-state index in [1.54, 1.807) is 0 Å². The summed E-state index contributed by atoms with van der Waals surface area (Å²) < 4.78 is 6.20. The van der Waals surface area contributed by atoms with E-state index in [4.69, 9.17) is 16.3 Å². The van der Waals surface area contributed by atoms with Gasteiger partial charge in [-0.1, -0.05) is 50.6 Å². The molecular formula is C17H21ClN2O. The molecule has 1 heterocycles. The molecule has 0 N–H and O–H groups in total. The van der Waals surface area contributed by atoms with Gasteiger partial charge in [-0.25, -0.2) is 0 Å². The molecule has 1 aliphatic rings. The van der Waals surface area contributed by atoms with E-state index in [9.17, 15) is 0 Å². The average Bonchev–Trinajstić information content (AvgIpc) is 2.40. The normalized spacial score (nSPS) is 25.0. The number of benzene rings is 1. The van der Waals surface area contributed by atoms with Crippen LogP contribution in [-0.4, -0.2) is 16.3 Å². The van der Waals surface area contributed by atoms with Crippen molar-refractivity contribution in [2.45, 2.75) is 46.1 Å². The Morgan fingerprint density at radius 2 is 1.86 bits per heavy atom. The van der Waals surface area contributed by atoms with Crippen molar-refractivity contribution in [3.63, 3.8) is 0 Å². The minimum Gasteiger partial charge on any atom is -0.473 e. The minimum absolute atomic E-state index is 0.197. The van der Waals surface area contributed by atoms with Gasteiger partial charge in [-0.05, 0) is 36.7 Å². The van der Waals surface area contributed by atoms with E-state index in [0.29, 0.717) is 22.4 Å². The van der Waals surface area contributed by atoms with Gasteiger partial charge in [0.2, 0.25) is 5.88 Å². The van der Waals surface area contributed by atoms with E-state index in [1.807, 2.05) is 24.3 Å². The monoisotopic (exact) mass is 304 g/mol. The van der Waals surface area contributed by atoms with Gasteiger partial charge in [0.05, 0.1) is 0 Å². The molecule has 2 aromatic rings. The highest BCUT2D eigenvalue weighted by Crippen LogP contribution is 2.40. The van der Waals surface area contributed by atoms with Crippen LogP contribution in [0, 0.1) is 11.3 Å². The lowest BCUT2D eigenvalue weighted by Crippen LogP contribution is -2.34. The van der Waals surface area contributed by atoms with Gasteiger partial charge in [-0.15, -0.1) is 10.2 Å². The van der Waals surface area contributed by atoms with E-state index in [-0.39, 0.29) is 6.10 Å². The van der Waals surface area contributed by atoms with Crippen LogP contribution < -0.4 is 4.74 Å². The second-order valence-electron chi connectivity index (χ2n) is 6.99. The van der Waals surface area contributed by atoms with E-state index in [1.165, 1.54) is 6.42 Å². The molecule has 1 saturated carbocycles. The zero-order valence-electron chi connectivity index (χ0n) is 12.8. The van der Waals surface area contributed by atoms with Crippen molar-refractivity contribution in [3.05, 3.63) is 29.4 Å². The first-order valence-electron chi connectivity index (χ1n) is 7.52. The average molecular weight is 305 g/mol. The zero-order valence-corrected chi connectivity index (χ0v) is 13.5. The molecule has 4 heteroatoms. The number of nitrogens with zero attached hydrogens (tertiary/aromatic N) is 2. The molecule has 0 amide bonds. The zero-order chi connectivity index (χ0) is 15.0. The second kappa shape index (κ2) is 5.45. The van der Waals surface area contributed by atoms with Crippen LogP contribution in [0.4, 0.5) is 0 Å². The van der Waals surface area contributed by atoms with Crippen LogP contribution in [0.2, 0.25) is 5.15 Å². The highest BCUT2D eigenvalue weighted by Gasteiger charge is 2.33. The molecule has 112 valence electrons. The lowest BCUT2D eigenvalue weighted by molar-refractivity contribution is 0.0537. The number of ether oxygens (including phenoxy) is 1. The van der Waals surface area contributed by atoms with Gasteiger partial charge in [0.15, 0.2) is 5.15 Å². The number of aromatic nitrogens is 2. The summed E-state index contributed by atoms with van der Waals surface area (Å²) in [5, 5.41) is 10.4. The molecule has 1 fully saturated rings. The van der Waals surface area contributed by atoms with Crippen molar-refractivity contribution in [2.75, 3.05) is 0 Å². The first kappa shape index (κ1) is 14.6. The fraction of sp³-hybridized carbons (Fsp3) is 0.529. The second-order valence-corrected chi connectivity index (χ2v) is 7.35. The summed E-state index contributed by atoms with van der Waals surface area (Å²) >= 11 is 6.11. The van der Waals surface area contributed by atoms with Gasteiger partial charge >= 0.3 is 0 Å². The maximum atomic E-state index is 6.20. The van der Waals surface area contributed by atoms with Crippen molar-refractivity contribution >= 4 is 22.4 Å². The van der Waals surface area contributed by atoms with Crippen LogP contribution in [0.3, 0.4) is 0 Å². The molecule has 0 aliphatic heterocycles. The number of hydrogen-bond acceptors (Lipinski definition) is 3. The smallest absolute Gasteiger partial charge is 0.241 e. The molecule has 1 aliphatic carbocycles. The molecule has 3 nitrogen and oxygen atoms in total. The maximum Gasteiger partial charge on any atom is 0.241 e. The Morgan fingerprint density at radius 1 is 1.14 bits per heavy atom. The summed E-state index contributed by atoms with van der Waals surface area (Å²) in [4.78, 5) is 0. The molecule has 0 bridgehead atoms. The van der Waals surface area contributed by atoms with Crippen molar-refractivity contribution < 1.29 is 4.74 Å². The summed E-state index contributed by atoms with van der Waals surface area (Å²) in [6.07, 6.45) is 3.57. The molecule has 0 spiro atoms. The third-order valence-corrected chi connectivity index (χ3v) is 4.51. The van der Waals surface area contributed by atoms with Crippen LogP contribution >= 0.6 is 11.6 Å². The van der Waals surface area contributed by atoms with Crippen LogP contribution in [0.15, 0.2) is 24.3 Å². The van der Waals surface area contributed by atoms with E-state index >= 15 is 0 Å². The summed E-state index contributed by atoms with van der Waals surface area (Å²) in [5.74, 6) is 1.27. The van der Waals surface area contributed by atoms with Crippen LogP contribution in [-0.2, 0) is 0 Å². The molecule has 1 aromatic heterocycles. The van der Waals surface area contributed by atoms with Gasteiger partial charge in [-0.2, -0.15) is 0 Å². The molecular weight excluding hydrogens is 284 g/mol. The Labute approximate surface area is 130 Å². The molecule has 21 heavy (non-hydrogen) atoms. The standard InChI is InChI=1S/C17H21ClN2O/c1-11-8-12(10-17(2,3)9-11)21-16-14-7-5-4-6-13(14)15(18)19-20-16/h4-7,11-12H,8-10H2,1-3H3. The van der Waals surface area contributed by atoms with Crippen molar-refractivity contribution in [1.82, 2.24) is 10.2 Å². The predicted octanol–water partition coefficient (Wildman–Crippen LogP) is 4.88. The fourth-order valence-electron chi connectivity index (χ4n) is 3.64. The summed E-state index contributed by atoms with van der Waals surface area (Å²) in [5.41, 5.74) is 0.317. The van der Waals surface area contributed by atoms with E-state index < -0.39 is 0 Å². The summed E-state index contributed by atoms with van der Waals surface area (Å²) in [6, 6.07) is 7.86. The topological polar surface area (TPSA) is 35.0 Å². The Balaban J connectivity index is 1.90. The fourth-order valence-corrected chi connectivity index (χ4v) is 3.84. The molecule has 2 atom stereocenters. The minimum atomic E-state index is 0.197. The molecule has 0 saturated heterocycles. The third-order valence-electron chi connectivity index (χ3n) is 4.23. The van der Waals surface area contributed by atoms with Crippen molar-refractivity contribution in [3.8, 4) is 5.88 Å². The number of hydrogen-bond donors (Lipinski definition) is 0. The maximum absolute atomic E-state index is 6.20. The summed E-state index contributed by atoms with van der Waals surface area (Å²) in [6.45, 7) is 6.91. The summed E-state index contributed by atoms with van der Waals surface area (Å²) in [7, 11) is 0.